The highest BCUT2D eigenvalue weighted by Crippen LogP contribution is 2.38. The van der Waals surface area contributed by atoms with Gasteiger partial charge in [0.1, 0.15) is 11.4 Å². The van der Waals surface area contributed by atoms with Gasteiger partial charge in [-0.2, -0.15) is 0 Å². The van der Waals surface area contributed by atoms with E-state index in [2.05, 4.69) is 20.3 Å². The third-order valence-electron chi connectivity index (χ3n) is 4.86. The Kier molecular flexibility index (Phi) is 8.90. The molecule has 0 radical (unpaired) electrons. The maximum atomic E-state index is 12.0. The zero-order valence-corrected chi connectivity index (χ0v) is 21.3. The summed E-state index contributed by atoms with van der Waals surface area (Å²) in [6.07, 6.45) is 2.73. The first-order valence-corrected chi connectivity index (χ1v) is 11.3. The van der Waals surface area contributed by atoms with Crippen molar-refractivity contribution >= 4 is 17.6 Å². The summed E-state index contributed by atoms with van der Waals surface area (Å²) in [6.45, 7) is 5.76. The van der Waals surface area contributed by atoms with Gasteiger partial charge >= 0.3 is 11.8 Å². The number of carbonyl (C=O) groups excluding carboxylic acids is 1. The SMILES string of the molecule is COc1cnc(-c2cc(CCOCc3cccc(NC(=O)OC(C)(C)C)n3)cc([N+](=O)[O-])c2OC)nc1. The molecule has 0 unspecified atom stereocenters. The Morgan fingerprint density at radius 2 is 1.84 bits per heavy atom. The highest BCUT2D eigenvalue weighted by molar-refractivity contribution is 5.83. The first-order valence-electron chi connectivity index (χ1n) is 11.3. The zero-order chi connectivity index (χ0) is 27.0. The van der Waals surface area contributed by atoms with Crippen LogP contribution in [-0.2, 0) is 22.5 Å². The molecular formula is C25H29N5O7. The number of nitrogens with zero attached hydrogens (tertiary/aromatic N) is 4. The number of amides is 1. The van der Waals surface area contributed by atoms with Crippen LogP contribution >= 0.6 is 0 Å². The zero-order valence-electron chi connectivity index (χ0n) is 21.3. The number of rotatable bonds is 10. The molecule has 0 atom stereocenters. The predicted molar refractivity (Wildman–Crippen MR) is 135 cm³/mol. The Morgan fingerprint density at radius 3 is 2.46 bits per heavy atom. The van der Waals surface area contributed by atoms with Gasteiger partial charge in [-0.3, -0.25) is 15.4 Å². The molecule has 0 saturated carbocycles. The van der Waals surface area contributed by atoms with Crippen molar-refractivity contribution in [1.29, 1.82) is 0 Å². The first kappa shape index (κ1) is 27.3. The van der Waals surface area contributed by atoms with Gasteiger partial charge in [-0.15, -0.1) is 0 Å². The Hall–Kier alpha value is -4.32. The van der Waals surface area contributed by atoms with Crippen molar-refractivity contribution < 1.29 is 28.7 Å². The summed E-state index contributed by atoms with van der Waals surface area (Å²) < 4.78 is 21.4. The lowest BCUT2D eigenvalue weighted by Crippen LogP contribution is -2.27. The number of ether oxygens (including phenoxy) is 4. The van der Waals surface area contributed by atoms with Crippen molar-refractivity contribution in [3.8, 4) is 22.9 Å². The second-order valence-electron chi connectivity index (χ2n) is 8.84. The molecule has 0 aliphatic heterocycles. The Labute approximate surface area is 214 Å². The van der Waals surface area contributed by atoms with Crippen molar-refractivity contribution in [3.63, 3.8) is 0 Å². The Bertz CT molecular complexity index is 1240. The van der Waals surface area contributed by atoms with E-state index in [9.17, 15) is 14.9 Å². The van der Waals surface area contributed by atoms with Crippen molar-refractivity contribution in [1.82, 2.24) is 15.0 Å². The molecule has 0 spiro atoms. The molecule has 37 heavy (non-hydrogen) atoms. The molecule has 1 amide bonds. The second-order valence-corrected chi connectivity index (χ2v) is 8.84. The van der Waals surface area contributed by atoms with Crippen LogP contribution in [0.15, 0.2) is 42.7 Å². The summed E-state index contributed by atoms with van der Waals surface area (Å²) in [4.78, 5) is 36.0. The van der Waals surface area contributed by atoms with Gasteiger partial charge in [0.25, 0.3) is 0 Å². The Morgan fingerprint density at radius 1 is 1.11 bits per heavy atom. The summed E-state index contributed by atoms with van der Waals surface area (Å²) in [7, 11) is 2.85. The fraction of sp³-hybridized carbons (Fsp3) is 0.360. The summed E-state index contributed by atoms with van der Waals surface area (Å²) in [5.41, 5.74) is 0.812. The molecule has 1 aromatic carbocycles. The van der Waals surface area contributed by atoms with Crippen LogP contribution in [0.25, 0.3) is 11.4 Å². The maximum absolute atomic E-state index is 12.0. The molecule has 0 fully saturated rings. The van der Waals surface area contributed by atoms with E-state index in [4.69, 9.17) is 18.9 Å². The van der Waals surface area contributed by atoms with Gasteiger partial charge in [-0.1, -0.05) is 6.07 Å². The van der Waals surface area contributed by atoms with E-state index in [1.165, 1.54) is 32.7 Å². The monoisotopic (exact) mass is 511 g/mol. The molecule has 2 aromatic heterocycles. The van der Waals surface area contributed by atoms with Crippen LogP contribution in [0.2, 0.25) is 0 Å². The van der Waals surface area contributed by atoms with Crippen molar-refractivity contribution in [3.05, 3.63) is 64.1 Å². The average Bonchev–Trinajstić information content (AvgIpc) is 2.85. The molecule has 0 aliphatic carbocycles. The van der Waals surface area contributed by atoms with E-state index in [0.29, 0.717) is 34.8 Å². The maximum Gasteiger partial charge on any atom is 0.413 e. The number of anilines is 1. The molecule has 196 valence electrons. The molecule has 3 aromatic rings. The number of pyridine rings is 1. The lowest BCUT2D eigenvalue weighted by molar-refractivity contribution is -0.385. The lowest BCUT2D eigenvalue weighted by Gasteiger charge is -2.19. The fourth-order valence-corrected chi connectivity index (χ4v) is 3.30. The van der Waals surface area contributed by atoms with Gasteiger partial charge in [0, 0.05) is 6.07 Å². The largest absolute Gasteiger partial charge is 0.494 e. The number of hydrogen-bond donors (Lipinski definition) is 1. The normalized spacial score (nSPS) is 11.1. The minimum atomic E-state index is -0.624. The van der Waals surface area contributed by atoms with E-state index < -0.39 is 16.6 Å². The smallest absolute Gasteiger partial charge is 0.413 e. The van der Waals surface area contributed by atoms with E-state index in [0.717, 1.165) is 0 Å². The van der Waals surface area contributed by atoms with Gasteiger partial charge in [0.2, 0.25) is 5.75 Å². The number of aromatic nitrogens is 3. The quantitative estimate of drug-likeness (QED) is 0.233. The molecule has 0 bridgehead atoms. The van der Waals surface area contributed by atoms with Crippen LogP contribution in [0.3, 0.4) is 0 Å². The number of nitrogens with one attached hydrogen (secondary N) is 1. The van der Waals surface area contributed by atoms with Gasteiger partial charge in [-0.05, 0) is 51.0 Å². The topological polar surface area (TPSA) is 148 Å². The highest BCUT2D eigenvalue weighted by atomic mass is 16.6. The summed E-state index contributed by atoms with van der Waals surface area (Å²) in [6, 6.07) is 8.33. The van der Waals surface area contributed by atoms with E-state index in [-0.39, 0.29) is 30.5 Å². The number of nitro benzene ring substituents is 1. The van der Waals surface area contributed by atoms with Crippen molar-refractivity contribution in [2.45, 2.75) is 39.4 Å². The van der Waals surface area contributed by atoms with Gasteiger partial charge in [-0.25, -0.2) is 19.7 Å². The van der Waals surface area contributed by atoms with Crippen LogP contribution < -0.4 is 14.8 Å². The number of methoxy groups -OCH3 is 2. The lowest BCUT2D eigenvalue weighted by atomic mass is 10.0. The Balaban J connectivity index is 1.68. The average molecular weight is 512 g/mol. The third-order valence-corrected chi connectivity index (χ3v) is 4.86. The van der Waals surface area contributed by atoms with Gasteiger partial charge in [0.05, 0.1) is 56.0 Å². The van der Waals surface area contributed by atoms with Crippen LogP contribution in [0.4, 0.5) is 16.3 Å². The number of carbonyl (C=O) groups is 1. The number of nitro groups is 1. The third kappa shape index (κ3) is 7.84. The summed E-state index contributed by atoms with van der Waals surface area (Å²) in [5, 5.41) is 14.3. The van der Waals surface area contributed by atoms with Crippen LogP contribution in [0.5, 0.6) is 11.5 Å². The molecule has 12 heteroatoms. The predicted octanol–water partition coefficient (Wildman–Crippen LogP) is 4.57. The molecule has 12 nitrogen and oxygen atoms in total. The van der Waals surface area contributed by atoms with Crippen LogP contribution in [0, 0.1) is 10.1 Å². The molecular weight excluding hydrogens is 482 g/mol. The second kappa shape index (κ2) is 12.1. The van der Waals surface area contributed by atoms with E-state index in [1.54, 1.807) is 45.0 Å². The van der Waals surface area contributed by atoms with Crippen LogP contribution in [0.1, 0.15) is 32.0 Å². The molecule has 3 rings (SSSR count). The van der Waals surface area contributed by atoms with Gasteiger partial charge in [0.15, 0.2) is 11.6 Å². The van der Waals surface area contributed by atoms with Crippen LogP contribution in [-0.4, -0.2) is 52.4 Å². The first-order chi connectivity index (χ1) is 17.6. The highest BCUT2D eigenvalue weighted by Gasteiger charge is 2.23. The molecule has 2 heterocycles. The number of benzene rings is 1. The van der Waals surface area contributed by atoms with Gasteiger partial charge < -0.3 is 18.9 Å². The van der Waals surface area contributed by atoms with E-state index in [1.807, 2.05) is 0 Å². The van der Waals surface area contributed by atoms with Crippen molar-refractivity contribution in [2.24, 2.45) is 0 Å². The minimum Gasteiger partial charge on any atom is -0.494 e. The molecule has 1 N–H and O–H groups in total. The number of hydrogen-bond acceptors (Lipinski definition) is 10. The summed E-state index contributed by atoms with van der Waals surface area (Å²) in [5.74, 6) is 1.13. The van der Waals surface area contributed by atoms with Crippen molar-refractivity contribution in [2.75, 3.05) is 26.1 Å². The molecule has 0 aliphatic rings. The fourth-order valence-electron chi connectivity index (χ4n) is 3.30. The molecule has 0 saturated heterocycles. The van der Waals surface area contributed by atoms with E-state index >= 15 is 0 Å². The summed E-state index contributed by atoms with van der Waals surface area (Å²) >= 11 is 0. The standard InChI is InChI=1S/C25H29N5O7/c1-25(2,3)37-24(31)29-21-8-6-7-17(28-21)15-36-10-9-16-11-19(22(35-5)20(12-16)30(32)33)23-26-13-18(34-4)14-27-23/h6-8,11-14H,9-10,15H2,1-5H3,(H,28,29,31). The minimum absolute atomic E-state index is 0.0679.